The average molecular weight is 253 g/mol. The Morgan fingerprint density at radius 3 is 2.41 bits per heavy atom. The van der Waals surface area contributed by atoms with Crippen molar-refractivity contribution in [2.75, 3.05) is 12.5 Å². The predicted octanol–water partition coefficient (Wildman–Crippen LogP) is 4.75. The Morgan fingerprint density at radius 1 is 1.29 bits per heavy atom. The van der Waals surface area contributed by atoms with Crippen LogP contribution in [-0.4, -0.2) is 12.5 Å². The Kier molecular flexibility index (Phi) is 6.13. The van der Waals surface area contributed by atoms with E-state index in [2.05, 4.69) is 39.0 Å². The fraction of sp³-hybridized carbons (Fsp3) is 0.467. The summed E-state index contributed by atoms with van der Waals surface area (Å²) in [5, 5.41) is 0. The molecule has 0 unspecified atom stereocenters. The van der Waals surface area contributed by atoms with Gasteiger partial charge >= 0.3 is 0 Å². The number of hydrogen-bond acceptors (Lipinski definition) is 1. The molecule has 0 saturated heterocycles. The minimum Gasteiger partial charge on any atom is -0.494 e. The third kappa shape index (κ3) is 4.82. The van der Waals surface area contributed by atoms with E-state index in [1.807, 2.05) is 12.1 Å². The largest absolute Gasteiger partial charge is 0.494 e. The molecule has 0 aromatic heterocycles. The second-order valence-electron chi connectivity index (χ2n) is 4.43. The van der Waals surface area contributed by atoms with Crippen molar-refractivity contribution >= 4 is 17.7 Å². The topological polar surface area (TPSA) is 9.23 Å². The quantitative estimate of drug-likeness (QED) is 0.664. The van der Waals surface area contributed by atoms with Crippen LogP contribution in [0.3, 0.4) is 0 Å². The minimum absolute atomic E-state index is 0.489. The highest BCUT2D eigenvalue weighted by molar-refractivity contribution is 6.19. The summed E-state index contributed by atoms with van der Waals surface area (Å²) in [6, 6.07) is 8.15. The van der Waals surface area contributed by atoms with Gasteiger partial charge in [0.05, 0.1) is 6.61 Å². The molecule has 0 amide bonds. The Morgan fingerprint density at radius 2 is 1.94 bits per heavy atom. The lowest BCUT2D eigenvalue weighted by atomic mass is 10.0. The van der Waals surface area contributed by atoms with E-state index in [0.29, 0.717) is 11.8 Å². The molecule has 1 aromatic rings. The molecule has 1 rings (SSSR count). The second kappa shape index (κ2) is 7.39. The average Bonchev–Trinajstić information content (AvgIpc) is 2.34. The van der Waals surface area contributed by atoms with Gasteiger partial charge in [0, 0.05) is 5.88 Å². The molecule has 0 spiro atoms. The van der Waals surface area contributed by atoms with Crippen LogP contribution in [0.1, 0.15) is 32.8 Å². The fourth-order valence-electron chi connectivity index (χ4n) is 1.45. The molecule has 1 aromatic carbocycles. The monoisotopic (exact) mass is 252 g/mol. The predicted molar refractivity (Wildman–Crippen MR) is 75.8 cm³/mol. The lowest BCUT2D eigenvalue weighted by molar-refractivity contribution is 0.317. The number of alkyl halides is 1. The van der Waals surface area contributed by atoms with E-state index in [-0.39, 0.29) is 0 Å². The molecule has 0 aliphatic heterocycles. The SMILES string of the molecule is CCCOc1ccc(C=C(CCl)C(C)C)cc1. The standard InChI is InChI=1S/C15H21ClO/c1-4-9-17-15-7-5-13(6-8-15)10-14(11-16)12(2)3/h5-8,10,12H,4,9,11H2,1-3H3. The van der Waals surface area contributed by atoms with Gasteiger partial charge in [-0.2, -0.15) is 0 Å². The smallest absolute Gasteiger partial charge is 0.119 e. The molecule has 0 fully saturated rings. The summed E-state index contributed by atoms with van der Waals surface area (Å²) in [4.78, 5) is 0. The number of allylic oxidation sites excluding steroid dienone is 1. The van der Waals surface area contributed by atoms with Gasteiger partial charge in [0.1, 0.15) is 5.75 Å². The molecule has 0 atom stereocenters. The van der Waals surface area contributed by atoms with Crippen LogP contribution in [0.25, 0.3) is 6.08 Å². The zero-order valence-corrected chi connectivity index (χ0v) is 11.6. The van der Waals surface area contributed by atoms with Gasteiger partial charge in [-0.3, -0.25) is 0 Å². The highest BCUT2D eigenvalue weighted by Gasteiger charge is 2.01. The van der Waals surface area contributed by atoms with E-state index in [9.17, 15) is 0 Å². The molecule has 17 heavy (non-hydrogen) atoms. The third-order valence-electron chi connectivity index (χ3n) is 2.60. The highest BCUT2D eigenvalue weighted by Crippen LogP contribution is 2.18. The number of benzene rings is 1. The molecule has 0 N–H and O–H groups in total. The Balaban J connectivity index is 2.73. The van der Waals surface area contributed by atoms with Crippen LogP contribution in [-0.2, 0) is 0 Å². The van der Waals surface area contributed by atoms with Crippen LogP contribution >= 0.6 is 11.6 Å². The Hall–Kier alpha value is -0.950. The van der Waals surface area contributed by atoms with Crippen LogP contribution in [0.15, 0.2) is 29.8 Å². The first kappa shape index (κ1) is 14.1. The van der Waals surface area contributed by atoms with Crippen molar-refractivity contribution in [1.29, 1.82) is 0 Å². The number of hydrogen-bond donors (Lipinski definition) is 0. The molecule has 0 bridgehead atoms. The van der Waals surface area contributed by atoms with Gasteiger partial charge in [-0.1, -0.05) is 44.6 Å². The summed E-state index contributed by atoms with van der Waals surface area (Å²) < 4.78 is 5.54. The molecule has 94 valence electrons. The summed E-state index contributed by atoms with van der Waals surface area (Å²) in [6.07, 6.45) is 3.19. The Labute approximate surface area is 109 Å². The molecule has 0 heterocycles. The van der Waals surface area contributed by atoms with Crippen LogP contribution in [0.4, 0.5) is 0 Å². The van der Waals surface area contributed by atoms with Crippen molar-refractivity contribution in [2.24, 2.45) is 5.92 Å². The van der Waals surface area contributed by atoms with Gasteiger partial charge in [0.2, 0.25) is 0 Å². The molecule has 0 aliphatic rings. The first-order valence-electron chi connectivity index (χ1n) is 6.16. The first-order valence-corrected chi connectivity index (χ1v) is 6.70. The number of rotatable bonds is 6. The van der Waals surface area contributed by atoms with E-state index >= 15 is 0 Å². The highest BCUT2D eigenvalue weighted by atomic mass is 35.5. The maximum Gasteiger partial charge on any atom is 0.119 e. The van der Waals surface area contributed by atoms with Crippen LogP contribution in [0.2, 0.25) is 0 Å². The normalized spacial score (nSPS) is 11.9. The molecule has 0 saturated carbocycles. The first-order chi connectivity index (χ1) is 8.17. The van der Waals surface area contributed by atoms with E-state index in [0.717, 1.165) is 18.8 Å². The van der Waals surface area contributed by atoms with Crippen LogP contribution in [0, 0.1) is 5.92 Å². The van der Waals surface area contributed by atoms with Gasteiger partial charge in [-0.25, -0.2) is 0 Å². The molecular formula is C15H21ClO. The summed E-state index contributed by atoms with van der Waals surface area (Å²) in [5.41, 5.74) is 2.44. The van der Waals surface area contributed by atoms with E-state index in [1.165, 1.54) is 11.1 Å². The second-order valence-corrected chi connectivity index (χ2v) is 4.69. The van der Waals surface area contributed by atoms with Gasteiger partial charge in [0.25, 0.3) is 0 Å². The van der Waals surface area contributed by atoms with Crippen molar-refractivity contribution in [3.05, 3.63) is 35.4 Å². The lowest BCUT2D eigenvalue weighted by Crippen LogP contribution is -1.96. The number of halogens is 1. The summed E-state index contributed by atoms with van der Waals surface area (Å²) >= 11 is 5.92. The van der Waals surface area contributed by atoms with Crippen molar-refractivity contribution in [1.82, 2.24) is 0 Å². The molecule has 2 heteroatoms. The van der Waals surface area contributed by atoms with Crippen molar-refractivity contribution in [3.8, 4) is 5.75 Å². The van der Waals surface area contributed by atoms with Gasteiger partial charge in [-0.15, -0.1) is 11.6 Å². The van der Waals surface area contributed by atoms with Crippen LogP contribution in [0.5, 0.6) is 5.75 Å². The van der Waals surface area contributed by atoms with E-state index in [4.69, 9.17) is 16.3 Å². The molecule has 0 radical (unpaired) electrons. The zero-order valence-electron chi connectivity index (χ0n) is 10.9. The molecular weight excluding hydrogens is 232 g/mol. The maximum atomic E-state index is 5.92. The fourth-order valence-corrected chi connectivity index (χ4v) is 1.84. The maximum absolute atomic E-state index is 5.92. The summed E-state index contributed by atoms with van der Waals surface area (Å²) in [5.74, 6) is 2.01. The lowest BCUT2D eigenvalue weighted by Gasteiger charge is -2.08. The molecule has 1 nitrogen and oxygen atoms in total. The number of ether oxygens (including phenoxy) is 1. The zero-order chi connectivity index (χ0) is 12.7. The van der Waals surface area contributed by atoms with Crippen molar-refractivity contribution in [3.63, 3.8) is 0 Å². The van der Waals surface area contributed by atoms with E-state index in [1.54, 1.807) is 0 Å². The summed E-state index contributed by atoms with van der Waals surface area (Å²) in [7, 11) is 0. The van der Waals surface area contributed by atoms with Gasteiger partial charge in [0.15, 0.2) is 0 Å². The van der Waals surface area contributed by atoms with Gasteiger partial charge in [-0.05, 0) is 30.0 Å². The summed E-state index contributed by atoms with van der Waals surface area (Å²) in [6.45, 7) is 7.19. The van der Waals surface area contributed by atoms with E-state index < -0.39 is 0 Å². The van der Waals surface area contributed by atoms with Crippen molar-refractivity contribution < 1.29 is 4.74 Å². The van der Waals surface area contributed by atoms with Crippen LogP contribution < -0.4 is 4.74 Å². The minimum atomic E-state index is 0.489. The third-order valence-corrected chi connectivity index (χ3v) is 2.91. The molecule has 0 aliphatic carbocycles. The van der Waals surface area contributed by atoms with Gasteiger partial charge < -0.3 is 4.74 Å². The Bertz CT molecular complexity index is 352. The van der Waals surface area contributed by atoms with Crippen molar-refractivity contribution in [2.45, 2.75) is 27.2 Å².